The second-order valence-corrected chi connectivity index (χ2v) is 9.50. The molecule has 182 valence electrons. The number of nitrogens with zero attached hydrogens (tertiary/aromatic N) is 1. The number of hydrogen-bond donors (Lipinski definition) is 1. The minimum absolute atomic E-state index is 0.126. The van der Waals surface area contributed by atoms with E-state index >= 15 is 0 Å². The van der Waals surface area contributed by atoms with Crippen molar-refractivity contribution in [1.29, 1.82) is 0 Å². The molecule has 0 aliphatic carbocycles. The summed E-state index contributed by atoms with van der Waals surface area (Å²) < 4.78 is 36.7. The smallest absolute Gasteiger partial charge is 0.338 e. The molecular formula is C25H36N2O5S. The van der Waals surface area contributed by atoms with Gasteiger partial charge in [-0.05, 0) is 43.5 Å². The molecule has 0 fully saturated rings. The van der Waals surface area contributed by atoms with E-state index in [0.29, 0.717) is 24.5 Å². The zero-order valence-electron chi connectivity index (χ0n) is 19.9. The van der Waals surface area contributed by atoms with Gasteiger partial charge in [-0.3, -0.25) is 0 Å². The Morgan fingerprint density at radius 3 is 2.09 bits per heavy atom. The van der Waals surface area contributed by atoms with E-state index in [0.717, 1.165) is 38.5 Å². The molecule has 0 saturated heterocycles. The second kappa shape index (κ2) is 13.2. The summed E-state index contributed by atoms with van der Waals surface area (Å²) in [5.41, 5.74) is 0.665. The molecule has 0 aliphatic heterocycles. The fourth-order valence-corrected chi connectivity index (χ4v) is 4.00. The van der Waals surface area contributed by atoms with E-state index in [1.54, 1.807) is 30.3 Å². The van der Waals surface area contributed by atoms with Crippen molar-refractivity contribution in [2.45, 2.75) is 64.2 Å². The number of esters is 1. The minimum Gasteiger partial charge on any atom is -0.462 e. The quantitative estimate of drug-likeness (QED) is 0.286. The van der Waals surface area contributed by atoms with E-state index < -0.39 is 16.0 Å². The fraction of sp³-hybridized carbons (Fsp3) is 0.480. The van der Waals surface area contributed by atoms with Crippen LogP contribution in [0.1, 0.15) is 69.7 Å². The van der Waals surface area contributed by atoms with Crippen LogP contribution in [-0.2, 0) is 14.8 Å². The number of nitrogens with two attached hydrogens (primary N) is 1. The normalized spacial score (nSPS) is 11.3. The van der Waals surface area contributed by atoms with Gasteiger partial charge in [-0.1, -0.05) is 58.2 Å². The zero-order valence-corrected chi connectivity index (χ0v) is 20.7. The summed E-state index contributed by atoms with van der Waals surface area (Å²) in [7, 11) is -4.19. The Balaban J connectivity index is 2.67. The van der Waals surface area contributed by atoms with Gasteiger partial charge in [0.2, 0.25) is 10.0 Å². The molecule has 0 spiro atoms. The van der Waals surface area contributed by atoms with Gasteiger partial charge in [0.1, 0.15) is 10.6 Å². The first-order chi connectivity index (χ1) is 15.8. The molecule has 8 heteroatoms. The number of sulfonamides is 1. The first-order valence-electron chi connectivity index (χ1n) is 11.7. The number of anilines is 1. The molecule has 33 heavy (non-hydrogen) atoms. The molecule has 2 rings (SSSR count). The van der Waals surface area contributed by atoms with E-state index in [-0.39, 0.29) is 22.8 Å². The van der Waals surface area contributed by atoms with E-state index in [1.807, 2.05) is 13.0 Å². The first-order valence-corrected chi connectivity index (χ1v) is 13.2. The van der Waals surface area contributed by atoms with Crippen LogP contribution >= 0.6 is 0 Å². The number of benzene rings is 2. The topological polar surface area (TPSA) is 98.9 Å². The number of para-hydroxylation sites is 1. The van der Waals surface area contributed by atoms with Gasteiger partial charge < -0.3 is 14.4 Å². The van der Waals surface area contributed by atoms with Crippen molar-refractivity contribution in [3.05, 3.63) is 48.0 Å². The predicted octanol–water partition coefficient (Wildman–Crippen LogP) is 5.49. The van der Waals surface area contributed by atoms with Crippen molar-refractivity contribution in [1.82, 2.24) is 0 Å². The molecule has 0 radical (unpaired) electrons. The maximum absolute atomic E-state index is 12.8. The van der Waals surface area contributed by atoms with E-state index in [2.05, 4.69) is 18.7 Å². The van der Waals surface area contributed by atoms with E-state index in [1.165, 1.54) is 6.07 Å². The van der Waals surface area contributed by atoms with Gasteiger partial charge in [0.05, 0.1) is 17.9 Å². The molecule has 0 aromatic heterocycles. The fourth-order valence-electron chi connectivity index (χ4n) is 3.30. The minimum atomic E-state index is -4.19. The van der Waals surface area contributed by atoms with Gasteiger partial charge in [-0.2, -0.15) is 0 Å². The standard InChI is InChI=1S/C25H36N2O5S/c1-4-7-15-27(16-8-5-2)22-18-20(25(28)31-17-9-6-3)19-23(33(26,29)30)24(22)32-21-13-11-10-12-14-21/h10-14,18-19H,4-9,15-17H2,1-3H3,(H2,26,29,30). The molecule has 2 aromatic rings. The Hall–Kier alpha value is -2.58. The van der Waals surface area contributed by atoms with Crippen LogP contribution in [0.15, 0.2) is 47.4 Å². The number of primary sulfonamides is 1. The Kier molecular flexibility index (Phi) is 10.7. The molecule has 0 heterocycles. The monoisotopic (exact) mass is 476 g/mol. The lowest BCUT2D eigenvalue weighted by molar-refractivity contribution is 0.0499. The molecule has 0 amide bonds. The van der Waals surface area contributed by atoms with Gasteiger partial charge in [-0.15, -0.1) is 0 Å². The highest BCUT2D eigenvalue weighted by Crippen LogP contribution is 2.39. The van der Waals surface area contributed by atoms with Gasteiger partial charge in [0.15, 0.2) is 5.75 Å². The average Bonchev–Trinajstić information content (AvgIpc) is 2.79. The van der Waals surface area contributed by atoms with Crippen molar-refractivity contribution in [3.8, 4) is 11.5 Å². The lowest BCUT2D eigenvalue weighted by atomic mass is 10.1. The second-order valence-electron chi connectivity index (χ2n) is 7.97. The van der Waals surface area contributed by atoms with Crippen molar-refractivity contribution in [3.63, 3.8) is 0 Å². The van der Waals surface area contributed by atoms with Crippen LogP contribution in [0.3, 0.4) is 0 Å². The Morgan fingerprint density at radius 2 is 1.55 bits per heavy atom. The molecule has 2 N–H and O–H groups in total. The van der Waals surface area contributed by atoms with Crippen molar-refractivity contribution < 1.29 is 22.7 Å². The molecule has 0 unspecified atom stereocenters. The van der Waals surface area contributed by atoms with Crippen LogP contribution in [0.5, 0.6) is 11.5 Å². The third-order valence-corrected chi connectivity index (χ3v) is 6.09. The number of hydrogen-bond acceptors (Lipinski definition) is 6. The summed E-state index contributed by atoms with van der Waals surface area (Å²) in [5, 5.41) is 5.59. The molecule has 2 aromatic carbocycles. The molecule has 0 saturated carbocycles. The van der Waals surface area contributed by atoms with Crippen LogP contribution in [0, 0.1) is 0 Å². The maximum atomic E-state index is 12.8. The summed E-state index contributed by atoms with van der Waals surface area (Å²) in [6.45, 7) is 7.85. The molecule has 7 nitrogen and oxygen atoms in total. The van der Waals surface area contributed by atoms with Crippen molar-refractivity contribution in [2.75, 3.05) is 24.6 Å². The number of rotatable bonds is 14. The molecular weight excluding hydrogens is 440 g/mol. The lowest BCUT2D eigenvalue weighted by Crippen LogP contribution is -2.27. The van der Waals surface area contributed by atoms with Gasteiger partial charge in [0, 0.05) is 13.1 Å². The molecule has 0 bridgehead atoms. The first kappa shape index (κ1) is 26.7. The summed E-state index contributed by atoms with van der Waals surface area (Å²) in [6, 6.07) is 11.8. The highest BCUT2D eigenvalue weighted by Gasteiger charge is 2.26. The number of carbonyl (C=O) groups excluding carboxylic acids is 1. The molecule has 0 atom stereocenters. The SMILES string of the molecule is CCCCOC(=O)c1cc(N(CCCC)CCCC)c(Oc2ccccc2)c(S(N)(=O)=O)c1. The number of ether oxygens (including phenoxy) is 2. The van der Waals surface area contributed by atoms with Crippen LogP contribution in [-0.4, -0.2) is 34.1 Å². The summed E-state index contributed by atoms with van der Waals surface area (Å²) in [6.07, 6.45) is 5.37. The van der Waals surface area contributed by atoms with E-state index in [9.17, 15) is 13.2 Å². The maximum Gasteiger partial charge on any atom is 0.338 e. The zero-order chi connectivity index (χ0) is 24.3. The van der Waals surface area contributed by atoms with Crippen molar-refractivity contribution in [2.24, 2.45) is 5.14 Å². The lowest BCUT2D eigenvalue weighted by Gasteiger charge is -2.28. The Labute approximate surface area is 197 Å². The van der Waals surface area contributed by atoms with E-state index in [4.69, 9.17) is 14.6 Å². The van der Waals surface area contributed by atoms with Gasteiger partial charge in [0.25, 0.3) is 0 Å². The third-order valence-electron chi connectivity index (χ3n) is 5.18. The Bertz CT molecular complexity index is 985. The van der Waals surface area contributed by atoms with Crippen LogP contribution in [0.25, 0.3) is 0 Å². The highest BCUT2D eigenvalue weighted by molar-refractivity contribution is 7.89. The van der Waals surface area contributed by atoms with Gasteiger partial charge >= 0.3 is 5.97 Å². The summed E-state index contributed by atoms with van der Waals surface area (Å²) in [4.78, 5) is 14.6. The Morgan fingerprint density at radius 1 is 0.939 bits per heavy atom. The number of carbonyl (C=O) groups is 1. The molecule has 0 aliphatic rings. The van der Waals surface area contributed by atoms with Crippen molar-refractivity contribution >= 4 is 21.7 Å². The number of unbranched alkanes of at least 4 members (excludes halogenated alkanes) is 3. The van der Waals surface area contributed by atoms with Crippen LogP contribution in [0.2, 0.25) is 0 Å². The summed E-state index contributed by atoms with van der Waals surface area (Å²) >= 11 is 0. The predicted molar refractivity (Wildman–Crippen MR) is 132 cm³/mol. The largest absolute Gasteiger partial charge is 0.462 e. The average molecular weight is 477 g/mol. The third kappa shape index (κ3) is 8.05. The van der Waals surface area contributed by atoms with Gasteiger partial charge in [-0.25, -0.2) is 18.4 Å². The summed E-state index contributed by atoms with van der Waals surface area (Å²) in [5.74, 6) is 0.0284. The van der Waals surface area contributed by atoms with Crippen LogP contribution < -0.4 is 14.8 Å². The highest BCUT2D eigenvalue weighted by atomic mass is 32.2. The van der Waals surface area contributed by atoms with Crippen LogP contribution in [0.4, 0.5) is 5.69 Å².